The fourth-order valence-electron chi connectivity index (χ4n) is 4.29. The standard InChI is InChI=1S/C18H30N2O/c1-13-10-19(17(21)18(4)8-5-9-18)11-16(13)12-20-14(2)6-7-15(20)3/h13,15-16H,2,5-12H2,1,3-4H3/t13?,15?,16-/m1/s1. The van der Waals surface area contributed by atoms with Gasteiger partial charge in [-0.1, -0.05) is 26.8 Å². The van der Waals surface area contributed by atoms with Gasteiger partial charge in [-0.05, 0) is 44.4 Å². The zero-order valence-corrected chi connectivity index (χ0v) is 13.9. The van der Waals surface area contributed by atoms with Gasteiger partial charge in [-0.15, -0.1) is 0 Å². The molecule has 3 aliphatic rings. The molecule has 3 nitrogen and oxygen atoms in total. The van der Waals surface area contributed by atoms with Gasteiger partial charge in [-0.3, -0.25) is 4.79 Å². The summed E-state index contributed by atoms with van der Waals surface area (Å²) in [6.45, 7) is 14.0. The van der Waals surface area contributed by atoms with Gasteiger partial charge in [0.25, 0.3) is 0 Å². The Balaban J connectivity index is 1.61. The van der Waals surface area contributed by atoms with E-state index in [1.54, 1.807) is 0 Å². The summed E-state index contributed by atoms with van der Waals surface area (Å²) in [5, 5.41) is 0. The van der Waals surface area contributed by atoms with E-state index < -0.39 is 0 Å². The van der Waals surface area contributed by atoms with Gasteiger partial charge in [0.15, 0.2) is 0 Å². The van der Waals surface area contributed by atoms with Gasteiger partial charge in [0.05, 0.1) is 0 Å². The molecule has 3 heteroatoms. The van der Waals surface area contributed by atoms with E-state index >= 15 is 0 Å². The first-order valence-electron chi connectivity index (χ1n) is 8.64. The van der Waals surface area contributed by atoms with Crippen molar-refractivity contribution in [3.8, 4) is 0 Å². The van der Waals surface area contributed by atoms with Gasteiger partial charge in [-0.25, -0.2) is 0 Å². The Kier molecular flexibility index (Phi) is 3.79. The lowest BCUT2D eigenvalue weighted by Crippen LogP contribution is -2.45. The number of amides is 1. The van der Waals surface area contributed by atoms with Crippen molar-refractivity contribution in [2.75, 3.05) is 19.6 Å². The zero-order valence-electron chi connectivity index (χ0n) is 13.9. The number of hydrogen-bond donors (Lipinski definition) is 0. The molecule has 0 radical (unpaired) electrons. The third-order valence-electron chi connectivity index (χ3n) is 6.25. The molecule has 1 amide bonds. The molecule has 1 aliphatic carbocycles. The lowest BCUT2D eigenvalue weighted by Gasteiger charge is -2.39. The molecule has 118 valence electrons. The molecule has 0 spiro atoms. The molecule has 0 aromatic carbocycles. The molecule has 2 unspecified atom stereocenters. The highest BCUT2D eigenvalue weighted by Crippen LogP contribution is 2.43. The first kappa shape index (κ1) is 14.9. The average Bonchev–Trinajstić information content (AvgIpc) is 2.93. The minimum atomic E-state index is -0.0425. The Morgan fingerprint density at radius 3 is 2.57 bits per heavy atom. The quantitative estimate of drug-likeness (QED) is 0.796. The molecular weight excluding hydrogens is 260 g/mol. The van der Waals surface area contributed by atoms with Crippen molar-refractivity contribution in [1.29, 1.82) is 0 Å². The third kappa shape index (κ3) is 2.60. The number of nitrogens with zero attached hydrogens (tertiary/aromatic N) is 2. The molecule has 21 heavy (non-hydrogen) atoms. The Labute approximate surface area is 129 Å². The monoisotopic (exact) mass is 290 g/mol. The zero-order chi connectivity index (χ0) is 15.2. The summed E-state index contributed by atoms with van der Waals surface area (Å²) < 4.78 is 0. The SMILES string of the molecule is C=C1CCC(C)N1C[C@H]1CN(C(=O)C2(C)CCC2)CC1C. The van der Waals surface area contributed by atoms with Crippen LogP contribution in [-0.2, 0) is 4.79 Å². The van der Waals surface area contributed by atoms with Crippen LogP contribution in [0, 0.1) is 17.3 Å². The largest absolute Gasteiger partial charge is 0.372 e. The number of allylic oxidation sites excluding steroid dienone is 1. The molecule has 3 rings (SSSR count). The minimum Gasteiger partial charge on any atom is -0.372 e. The smallest absolute Gasteiger partial charge is 0.228 e. The second kappa shape index (κ2) is 5.33. The summed E-state index contributed by atoms with van der Waals surface area (Å²) in [7, 11) is 0. The highest BCUT2D eigenvalue weighted by molar-refractivity contribution is 5.83. The molecule has 3 fully saturated rings. The van der Waals surface area contributed by atoms with Gasteiger partial charge in [0, 0.05) is 36.8 Å². The van der Waals surface area contributed by atoms with Crippen LogP contribution in [0.5, 0.6) is 0 Å². The summed E-state index contributed by atoms with van der Waals surface area (Å²) in [5.41, 5.74) is 1.25. The highest BCUT2D eigenvalue weighted by Gasteiger charge is 2.45. The normalized spacial score (nSPS) is 35.2. The Morgan fingerprint density at radius 1 is 1.33 bits per heavy atom. The summed E-state index contributed by atoms with van der Waals surface area (Å²) in [4.78, 5) is 17.3. The van der Waals surface area contributed by atoms with Crippen molar-refractivity contribution in [3.05, 3.63) is 12.3 Å². The Morgan fingerprint density at radius 2 is 2.05 bits per heavy atom. The fraction of sp³-hybridized carbons (Fsp3) is 0.833. The van der Waals surface area contributed by atoms with Gasteiger partial charge in [0.2, 0.25) is 5.91 Å². The molecule has 3 atom stereocenters. The fourth-order valence-corrected chi connectivity index (χ4v) is 4.29. The summed E-state index contributed by atoms with van der Waals surface area (Å²) in [6, 6.07) is 0.624. The van der Waals surface area contributed by atoms with Gasteiger partial charge in [0.1, 0.15) is 0 Å². The van der Waals surface area contributed by atoms with E-state index in [0.29, 0.717) is 23.8 Å². The van der Waals surface area contributed by atoms with Crippen molar-refractivity contribution in [2.45, 2.75) is 58.9 Å². The second-order valence-corrected chi connectivity index (χ2v) is 7.97. The lowest BCUT2D eigenvalue weighted by atomic mass is 9.69. The van der Waals surface area contributed by atoms with Crippen LogP contribution in [0.3, 0.4) is 0 Å². The summed E-state index contributed by atoms with van der Waals surface area (Å²) >= 11 is 0. The van der Waals surface area contributed by atoms with Crippen molar-refractivity contribution in [2.24, 2.45) is 17.3 Å². The minimum absolute atomic E-state index is 0.0425. The number of likely N-dealkylation sites (tertiary alicyclic amines) is 2. The summed E-state index contributed by atoms with van der Waals surface area (Å²) in [6.07, 6.45) is 5.77. The van der Waals surface area contributed by atoms with E-state index in [-0.39, 0.29) is 5.41 Å². The highest BCUT2D eigenvalue weighted by atomic mass is 16.2. The predicted octanol–water partition coefficient (Wildman–Crippen LogP) is 3.27. The van der Waals surface area contributed by atoms with Gasteiger partial charge >= 0.3 is 0 Å². The van der Waals surface area contributed by atoms with E-state index in [4.69, 9.17) is 0 Å². The van der Waals surface area contributed by atoms with Crippen LogP contribution in [0.15, 0.2) is 12.3 Å². The molecule has 2 aliphatic heterocycles. The Bertz CT molecular complexity index is 440. The number of rotatable bonds is 3. The molecule has 2 heterocycles. The first-order chi connectivity index (χ1) is 9.90. The van der Waals surface area contributed by atoms with Gasteiger partial charge < -0.3 is 9.80 Å². The van der Waals surface area contributed by atoms with E-state index in [1.807, 2.05) is 0 Å². The summed E-state index contributed by atoms with van der Waals surface area (Å²) in [5.74, 6) is 1.63. The van der Waals surface area contributed by atoms with E-state index in [1.165, 1.54) is 18.5 Å². The second-order valence-electron chi connectivity index (χ2n) is 7.97. The van der Waals surface area contributed by atoms with Gasteiger partial charge in [-0.2, -0.15) is 0 Å². The van der Waals surface area contributed by atoms with Crippen LogP contribution >= 0.6 is 0 Å². The topological polar surface area (TPSA) is 23.6 Å². The van der Waals surface area contributed by atoms with Crippen LogP contribution in [0.2, 0.25) is 0 Å². The maximum absolute atomic E-state index is 12.7. The van der Waals surface area contributed by atoms with Crippen LogP contribution in [0.1, 0.15) is 52.9 Å². The van der Waals surface area contributed by atoms with Crippen molar-refractivity contribution in [1.82, 2.24) is 9.80 Å². The third-order valence-corrected chi connectivity index (χ3v) is 6.25. The maximum Gasteiger partial charge on any atom is 0.228 e. The van der Waals surface area contributed by atoms with Crippen molar-refractivity contribution in [3.63, 3.8) is 0 Å². The maximum atomic E-state index is 12.7. The van der Waals surface area contributed by atoms with E-state index in [9.17, 15) is 4.79 Å². The molecule has 1 saturated carbocycles. The lowest BCUT2D eigenvalue weighted by molar-refractivity contribution is -0.145. The average molecular weight is 290 g/mol. The van der Waals surface area contributed by atoms with Crippen LogP contribution < -0.4 is 0 Å². The molecule has 0 aromatic rings. The Hall–Kier alpha value is -0.990. The van der Waals surface area contributed by atoms with Crippen LogP contribution in [0.4, 0.5) is 0 Å². The van der Waals surface area contributed by atoms with Crippen molar-refractivity contribution >= 4 is 5.91 Å². The molecule has 0 bridgehead atoms. The number of carbonyl (C=O) groups excluding carboxylic acids is 1. The van der Waals surface area contributed by atoms with Crippen LogP contribution in [0.25, 0.3) is 0 Å². The first-order valence-corrected chi connectivity index (χ1v) is 8.64. The van der Waals surface area contributed by atoms with Crippen molar-refractivity contribution < 1.29 is 4.79 Å². The molecule has 0 aromatic heterocycles. The molecule has 0 N–H and O–H groups in total. The van der Waals surface area contributed by atoms with E-state index in [0.717, 1.165) is 38.9 Å². The van der Waals surface area contributed by atoms with E-state index in [2.05, 4.69) is 37.1 Å². The van der Waals surface area contributed by atoms with Crippen LogP contribution in [-0.4, -0.2) is 41.4 Å². The number of carbonyl (C=O) groups is 1. The molecular formula is C18H30N2O. The predicted molar refractivity (Wildman–Crippen MR) is 85.7 cm³/mol. The molecule has 2 saturated heterocycles. The number of hydrogen-bond acceptors (Lipinski definition) is 2.